The van der Waals surface area contributed by atoms with Crippen LogP contribution in [0, 0.1) is 45.8 Å². The van der Waals surface area contributed by atoms with Gasteiger partial charge in [0.1, 0.15) is 18.0 Å². The van der Waals surface area contributed by atoms with Crippen molar-refractivity contribution in [3.63, 3.8) is 0 Å². The number of Topliss-reactive ketones (excluding diaryl/α,β-unsaturated/α-hetero) is 1. The normalized spacial score (nSPS) is 38.7. The van der Waals surface area contributed by atoms with E-state index in [1.807, 2.05) is 46.8 Å². The average molecular weight is 555 g/mol. The highest BCUT2D eigenvalue weighted by molar-refractivity contribution is 5.93. The first-order chi connectivity index (χ1) is 18.8. The van der Waals surface area contributed by atoms with Crippen molar-refractivity contribution in [2.75, 3.05) is 7.11 Å². The Morgan fingerprint density at radius 1 is 1.15 bits per heavy atom. The zero-order valence-corrected chi connectivity index (χ0v) is 24.7. The van der Waals surface area contributed by atoms with Gasteiger partial charge in [0.15, 0.2) is 0 Å². The first kappa shape index (κ1) is 28.6. The van der Waals surface area contributed by atoms with Crippen LogP contribution in [0.3, 0.4) is 0 Å². The van der Waals surface area contributed by atoms with Gasteiger partial charge in [0, 0.05) is 28.2 Å². The molecular weight excluding hydrogens is 512 g/mol. The number of fused-ring (bicyclic) bond motifs is 6. The Morgan fingerprint density at radius 3 is 2.50 bits per heavy atom. The summed E-state index contributed by atoms with van der Waals surface area (Å²) >= 11 is 0. The summed E-state index contributed by atoms with van der Waals surface area (Å²) in [5.74, 6) is -2.73. The second kappa shape index (κ2) is 9.88. The summed E-state index contributed by atoms with van der Waals surface area (Å²) in [6, 6.07) is 1.84. The summed E-state index contributed by atoms with van der Waals surface area (Å²) in [5, 5.41) is 0. The quantitative estimate of drug-likeness (QED) is 0.254. The standard InChI is InChI=1S/C32H42O8/c1-8-17(2)29(36)40-28-20-13-19-21(32(6,26(20)35)23(30(28,3)4)15-24(33)37-7)9-11-31(5)22(19)14-25(34)39-27(31)18-10-12-38-16-18/h10,12-13,16-17,20-23,27-28H,8-9,11,14-15H2,1-7H3/t17-,20-,21+,22+,23+,27+,28-,31-,32-/m1/s1. The van der Waals surface area contributed by atoms with Gasteiger partial charge in [0.2, 0.25) is 0 Å². The van der Waals surface area contributed by atoms with Crippen LogP contribution in [0.25, 0.3) is 0 Å². The highest BCUT2D eigenvalue weighted by atomic mass is 16.6. The number of cyclic esters (lactones) is 1. The fourth-order valence-electron chi connectivity index (χ4n) is 8.56. The minimum absolute atomic E-state index is 0.00445. The molecule has 0 N–H and O–H groups in total. The molecule has 218 valence electrons. The van der Waals surface area contributed by atoms with Crippen LogP contribution >= 0.6 is 0 Å². The minimum Gasteiger partial charge on any atom is -0.472 e. The number of allylic oxidation sites excluding steroid dienone is 1. The molecule has 9 atom stereocenters. The number of carbonyl (C=O) groups is 4. The monoisotopic (exact) mass is 554 g/mol. The van der Waals surface area contributed by atoms with Gasteiger partial charge in [0.25, 0.3) is 0 Å². The molecule has 1 aliphatic heterocycles. The molecule has 0 aromatic carbocycles. The van der Waals surface area contributed by atoms with E-state index in [0.717, 1.165) is 17.6 Å². The van der Waals surface area contributed by atoms with Crippen LogP contribution in [0.1, 0.15) is 85.3 Å². The van der Waals surface area contributed by atoms with Gasteiger partial charge in [-0.05, 0) is 43.1 Å². The first-order valence-corrected chi connectivity index (χ1v) is 14.5. The fourth-order valence-corrected chi connectivity index (χ4v) is 8.56. The van der Waals surface area contributed by atoms with Gasteiger partial charge in [-0.25, -0.2) is 0 Å². The Labute approximate surface area is 236 Å². The van der Waals surface area contributed by atoms with Gasteiger partial charge in [-0.15, -0.1) is 0 Å². The van der Waals surface area contributed by atoms with Crippen LogP contribution in [-0.4, -0.2) is 36.9 Å². The molecule has 0 radical (unpaired) electrons. The second-order valence-electron chi connectivity index (χ2n) is 13.4. The summed E-state index contributed by atoms with van der Waals surface area (Å²) in [7, 11) is 1.35. The highest BCUT2D eigenvalue weighted by Crippen LogP contribution is 2.68. The van der Waals surface area contributed by atoms with Crippen molar-refractivity contribution in [2.45, 2.75) is 85.9 Å². The number of hydrogen-bond acceptors (Lipinski definition) is 8. The van der Waals surface area contributed by atoms with E-state index in [2.05, 4.69) is 6.92 Å². The van der Waals surface area contributed by atoms with E-state index < -0.39 is 46.3 Å². The maximum Gasteiger partial charge on any atom is 0.308 e. The van der Waals surface area contributed by atoms with Crippen molar-refractivity contribution in [1.29, 1.82) is 0 Å². The van der Waals surface area contributed by atoms with Gasteiger partial charge in [0.05, 0.1) is 37.9 Å². The lowest BCUT2D eigenvalue weighted by Crippen LogP contribution is -2.66. The lowest BCUT2D eigenvalue weighted by Gasteiger charge is -2.63. The zero-order chi connectivity index (χ0) is 29.2. The van der Waals surface area contributed by atoms with Gasteiger partial charge in [-0.2, -0.15) is 0 Å². The molecule has 0 unspecified atom stereocenters. The number of esters is 3. The van der Waals surface area contributed by atoms with Crippen molar-refractivity contribution >= 4 is 23.7 Å². The van der Waals surface area contributed by atoms with E-state index in [1.54, 1.807) is 12.5 Å². The van der Waals surface area contributed by atoms with E-state index in [1.165, 1.54) is 7.11 Å². The third kappa shape index (κ3) is 4.07. The lowest BCUT2D eigenvalue weighted by molar-refractivity contribution is -0.198. The average Bonchev–Trinajstić information content (AvgIpc) is 3.45. The molecule has 0 spiro atoms. The Bertz CT molecular complexity index is 1230. The zero-order valence-electron chi connectivity index (χ0n) is 24.7. The molecule has 8 heteroatoms. The molecular formula is C32H42O8. The largest absolute Gasteiger partial charge is 0.472 e. The van der Waals surface area contributed by atoms with Crippen molar-refractivity contribution in [2.24, 2.45) is 45.8 Å². The summed E-state index contributed by atoms with van der Waals surface area (Å²) in [5.41, 5.74) is -0.0944. The molecule has 2 saturated carbocycles. The minimum atomic E-state index is -0.889. The molecule has 2 heterocycles. The third-order valence-corrected chi connectivity index (χ3v) is 11.1. The maximum absolute atomic E-state index is 14.4. The van der Waals surface area contributed by atoms with E-state index >= 15 is 0 Å². The molecule has 5 rings (SSSR count). The van der Waals surface area contributed by atoms with Gasteiger partial charge >= 0.3 is 17.9 Å². The predicted octanol–water partition coefficient (Wildman–Crippen LogP) is 5.61. The summed E-state index contributed by atoms with van der Waals surface area (Å²) in [4.78, 5) is 53.4. The van der Waals surface area contributed by atoms with Crippen LogP contribution in [0.4, 0.5) is 0 Å². The van der Waals surface area contributed by atoms with E-state index in [9.17, 15) is 19.2 Å². The summed E-state index contributed by atoms with van der Waals surface area (Å²) in [6.45, 7) is 11.9. The Balaban J connectivity index is 1.65. The number of ketones is 1. The Hall–Kier alpha value is -2.90. The summed E-state index contributed by atoms with van der Waals surface area (Å²) in [6.07, 6.45) is 6.36. The molecule has 1 saturated heterocycles. The predicted molar refractivity (Wildman–Crippen MR) is 144 cm³/mol. The van der Waals surface area contributed by atoms with Crippen LogP contribution in [0.2, 0.25) is 0 Å². The summed E-state index contributed by atoms with van der Waals surface area (Å²) < 4.78 is 22.6. The van der Waals surface area contributed by atoms with E-state index in [0.29, 0.717) is 12.8 Å². The van der Waals surface area contributed by atoms with E-state index in [4.69, 9.17) is 18.6 Å². The van der Waals surface area contributed by atoms with Gasteiger partial charge in [-0.3, -0.25) is 19.2 Å². The van der Waals surface area contributed by atoms with Crippen LogP contribution in [-0.2, 0) is 33.4 Å². The van der Waals surface area contributed by atoms with Crippen molar-refractivity contribution in [3.8, 4) is 0 Å². The van der Waals surface area contributed by atoms with E-state index in [-0.39, 0.29) is 48.3 Å². The number of ether oxygens (including phenoxy) is 3. The molecule has 4 aliphatic rings. The number of rotatable bonds is 6. The van der Waals surface area contributed by atoms with Crippen molar-refractivity contribution in [1.82, 2.24) is 0 Å². The van der Waals surface area contributed by atoms with Crippen LogP contribution in [0.15, 0.2) is 34.7 Å². The molecule has 3 aliphatic carbocycles. The number of methoxy groups -OCH3 is 1. The highest BCUT2D eigenvalue weighted by Gasteiger charge is 2.69. The smallest absolute Gasteiger partial charge is 0.308 e. The van der Waals surface area contributed by atoms with Crippen LogP contribution < -0.4 is 0 Å². The van der Waals surface area contributed by atoms with Crippen molar-refractivity contribution < 1.29 is 37.8 Å². The third-order valence-electron chi connectivity index (χ3n) is 11.1. The molecule has 0 amide bonds. The molecule has 1 aromatic heterocycles. The molecule has 1 aromatic rings. The first-order valence-electron chi connectivity index (χ1n) is 14.5. The Morgan fingerprint density at radius 2 is 1.88 bits per heavy atom. The number of furan rings is 1. The lowest BCUT2D eigenvalue weighted by atomic mass is 9.40. The molecule has 40 heavy (non-hydrogen) atoms. The van der Waals surface area contributed by atoms with Crippen molar-refractivity contribution in [3.05, 3.63) is 35.8 Å². The molecule has 2 bridgehead atoms. The number of hydrogen-bond donors (Lipinski definition) is 0. The second-order valence-corrected chi connectivity index (χ2v) is 13.4. The SMILES string of the molecule is CC[C@@H](C)C(=O)O[C@@H]1[C@@H]2C=C3[C@@H]4CC(=O)O[C@@H](c5ccoc5)[C@]4(C)CC[C@@H]3[C@@](C)(C2=O)[C@@H](CC(=O)OC)C1(C)C. The topological polar surface area (TPSA) is 109 Å². The fraction of sp³-hybridized carbons (Fsp3) is 0.688. The molecule has 8 nitrogen and oxygen atoms in total. The van der Waals surface area contributed by atoms with Crippen LogP contribution in [0.5, 0.6) is 0 Å². The van der Waals surface area contributed by atoms with Gasteiger partial charge in [-0.1, -0.05) is 53.2 Å². The molecule has 3 fully saturated rings. The Kier molecular flexibility index (Phi) is 7.07. The number of carbonyl (C=O) groups excluding carboxylic acids is 4. The van der Waals surface area contributed by atoms with Gasteiger partial charge < -0.3 is 18.6 Å². The maximum atomic E-state index is 14.4.